The minimum absolute atomic E-state index is 0.621. The molecule has 5 rings (SSSR count). The van der Waals surface area contributed by atoms with Gasteiger partial charge in [-0.25, -0.2) is 0 Å². The van der Waals surface area contributed by atoms with Gasteiger partial charge in [0, 0.05) is 29.1 Å². The molecule has 3 aromatic carbocycles. The van der Waals surface area contributed by atoms with Crippen molar-refractivity contribution in [2.24, 2.45) is 0 Å². The largest absolute Gasteiger partial charge is 0.497 e. The number of ether oxygens (including phenoxy) is 3. The van der Waals surface area contributed by atoms with Crippen LogP contribution in [0.3, 0.4) is 0 Å². The average molecular weight is 488 g/mol. The van der Waals surface area contributed by atoms with Crippen LogP contribution in [0.25, 0.3) is 22.3 Å². The molecule has 2 heterocycles. The molecule has 1 fully saturated rings. The summed E-state index contributed by atoms with van der Waals surface area (Å²) in [6.07, 6.45) is 3.02. The molecule has 4 aromatic rings. The highest BCUT2D eigenvalue weighted by Gasteiger charge is 2.24. The van der Waals surface area contributed by atoms with Crippen molar-refractivity contribution in [3.05, 3.63) is 77.9 Å². The fourth-order valence-corrected chi connectivity index (χ4v) is 4.84. The third-order valence-corrected chi connectivity index (χ3v) is 6.88. The zero-order valence-electron chi connectivity index (χ0n) is 20.9. The quantitative estimate of drug-likeness (QED) is 0.309. The lowest BCUT2D eigenvalue weighted by molar-refractivity contribution is 0.183. The van der Waals surface area contributed by atoms with Crippen LogP contribution in [-0.4, -0.2) is 50.5 Å². The van der Waals surface area contributed by atoms with E-state index < -0.39 is 6.10 Å². The molecule has 0 saturated carbocycles. The molecule has 1 aromatic heterocycles. The number of piperidine rings is 1. The van der Waals surface area contributed by atoms with Gasteiger partial charge in [-0.15, -0.1) is 0 Å². The zero-order chi connectivity index (χ0) is 24.9. The van der Waals surface area contributed by atoms with Crippen LogP contribution in [0, 0.1) is 0 Å². The molecule has 188 valence electrons. The summed E-state index contributed by atoms with van der Waals surface area (Å²) in [4.78, 5) is 2.46. The van der Waals surface area contributed by atoms with E-state index in [4.69, 9.17) is 18.6 Å². The van der Waals surface area contributed by atoms with Crippen molar-refractivity contribution in [1.82, 2.24) is 4.90 Å². The second-order valence-electron chi connectivity index (χ2n) is 9.16. The van der Waals surface area contributed by atoms with E-state index in [9.17, 15) is 5.11 Å². The topological polar surface area (TPSA) is 64.3 Å². The SMILES string of the molecule is COc1ccc(-c2oc3cc(OC)ccc3c2C(O)c2ccc(OCCN3CCCCC3)cc2)cc1. The number of hydrogen-bond acceptors (Lipinski definition) is 6. The highest BCUT2D eigenvalue weighted by molar-refractivity contribution is 5.90. The second kappa shape index (κ2) is 11.1. The predicted octanol–water partition coefficient (Wildman–Crippen LogP) is 6.06. The van der Waals surface area contributed by atoms with E-state index in [1.807, 2.05) is 66.7 Å². The summed E-state index contributed by atoms with van der Waals surface area (Å²) in [5.74, 6) is 2.88. The number of aliphatic hydroxyl groups is 1. The van der Waals surface area contributed by atoms with Crippen molar-refractivity contribution >= 4 is 11.0 Å². The number of aliphatic hydroxyl groups excluding tert-OH is 1. The molecule has 1 aliphatic heterocycles. The first-order valence-corrected chi connectivity index (χ1v) is 12.5. The summed E-state index contributed by atoms with van der Waals surface area (Å²) in [6.45, 7) is 3.93. The Bertz CT molecular complexity index is 1270. The molecule has 1 N–H and O–H groups in total. The molecule has 0 bridgehead atoms. The Labute approximate surface area is 212 Å². The lowest BCUT2D eigenvalue weighted by atomic mass is 9.96. The van der Waals surface area contributed by atoms with E-state index in [1.54, 1.807) is 14.2 Å². The third kappa shape index (κ3) is 5.20. The Kier molecular flexibility index (Phi) is 7.44. The summed E-state index contributed by atoms with van der Waals surface area (Å²) in [5, 5.41) is 12.4. The van der Waals surface area contributed by atoms with Gasteiger partial charge in [-0.1, -0.05) is 18.6 Å². The first kappa shape index (κ1) is 24.2. The van der Waals surface area contributed by atoms with E-state index in [0.717, 1.165) is 53.2 Å². The van der Waals surface area contributed by atoms with Crippen molar-refractivity contribution in [2.75, 3.05) is 40.5 Å². The minimum Gasteiger partial charge on any atom is -0.497 e. The highest BCUT2D eigenvalue weighted by Crippen LogP contribution is 2.41. The lowest BCUT2D eigenvalue weighted by Crippen LogP contribution is -2.33. The van der Waals surface area contributed by atoms with Crippen molar-refractivity contribution < 1.29 is 23.7 Å². The van der Waals surface area contributed by atoms with E-state index >= 15 is 0 Å². The number of methoxy groups -OCH3 is 2. The normalized spacial score (nSPS) is 15.1. The Balaban J connectivity index is 1.40. The Morgan fingerprint density at radius 1 is 0.833 bits per heavy atom. The number of rotatable bonds is 9. The van der Waals surface area contributed by atoms with E-state index in [2.05, 4.69) is 4.90 Å². The lowest BCUT2D eigenvalue weighted by Gasteiger charge is -2.26. The minimum atomic E-state index is -0.876. The van der Waals surface area contributed by atoms with Crippen LogP contribution in [0.15, 0.2) is 71.1 Å². The van der Waals surface area contributed by atoms with Crippen LogP contribution in [0.2, 0.25) is 0 Å². The molecule has 0 radical (unpaired) electrons. The monoisotopic (exact) mass is 487 g/mol. The zero-order valence-corrected chi connectivity index (χ0v) is 20.9. The summed E-state index contributed by atoms with van der Waals surface area (Å²) in [6, 6.07) is 21.0. The Hall–Kier alpha value is -3.48. The maximum absolute atomic E-state index is 11.5. The fourth-order valence-electron chi connectivity index (χ4n) is 4.84. The molecule has 0 spiro atoms. The molecule has 1 aliphatic rings. The molecular weight excluding hydrogens is 454 g/mol. The average Bonchev–Trinajstić information content (AvgIpc) is 3.32. The highest BCUT2D eigenvalue weighted by atomic mass is 16.5. The number of hydrogen-bond donors (Lipinski definition) is 1. The predicted molar refractivity (Wildman–Crippen MR) is 141 cm³/mol. The molecule has 1 unspecified atom stereocenters. The second-order valence-corrected chi connectivity index (χ2v) is 9.16. The van der Waals surface area contributed by atoms with Crippen LogP contribution in [-0.2, 0) is 0 Å². The Morgan fingerprint density at radius 3 is 2.19 bits per heavy atom. The van der Waals surface area contributed by atoms with Crippen molar-refractivity contribution in [3.8, 4) is 28.6 Å². The van der Waals surface area contributed by atoms with Gasteiger partial charge in [0.25, 0.3) is 0 Å². The molecule has 0 amide bonds. The number of fused-ring (bicyclic) bond motifs is 1. The van der Waals surface area contributed by atoms with Gasteiger partial charge in [0.15, 0.2) is 0 Å². The van der Waals surface area contributed by atoms with Crippen LogP contribution >= 0.6 is 0 Å². The van der Waals surface area contributed by atoms with Crippen LogP contribution in [0.5, 0.6) is 17.2 Å². The van der Waals surface area contributed by atoms with E-state index in [1.165, 1.54) is 19.3 Å². The van der Waals surface area contributed by atoms with E-state index in [-0.39, 0.29) is 0 Å². The summed E-state index contributed by atoms with van der Waals surface area (Å²) in [7, 11) is 3.26. The standard InChI is InChI=1S/C30H33NO5/c1-33-23-10-8-22(9-11-23)30-28(26-15-14-25(34-2)20-27(26)36-30)29(32)21-6-12-24(13-7-21)35-19-18-31-16-4-3-5-17-31/h6-15,20,29,32H,3-5,16-19H2,1-2H3. The smallest absolute Gasteiger partial charge is 0.141 e. The Morgan fingerprint density at radius 2 is 1.50 bits per heavy atom. The number of nitrogens with zero attached hydrogens (tertiary/aromatic N) is 1. The molecule has 36 heavy (non-hydrogen) atoms. The third-order valence-electron chi connectivity index (χ3n) is 6.88. The van der Waals surface area contributed by atoms with Gasteiger partial charge >= 0.3 is 0 Å². The maximum Gasteiger partial charge on any atom is 0.141 e. The van der Waals surface area contributed by atoms with Crippen LogP contribution < -0.4 is 14.2 Å². The van der Waals surface area contributed by atoms with Gasteiger partial charge in [0.05, 0.1) is 14.2 Å². The number of likely N-dealkylation sites (tertiary alicyclic amines) is 1. The van der Waals surface area contributed by atoms with Gasteiger partial charge < -0.3 is 23.7 Å². The molecule has 6 nitrogen and oxygen atoms in total. The number of furan rings is 1. The molecule has 0 aliphatic carbocycles. The van der Waals surface area contributed by atoms with Crippen LogP contribution in [0.1, 0.15) is 36.5 Å². The van der Waals surface area contributed by atoms with Crippen molar-refractivity contribution in [1.29, 1.82) is 0 Å². The fraction of sp³-hybridized carbons (Fsp3) is 0.333. The maximum atomic E-state index is 11.5. The van der Waals surface area contributed by atoms with Gasteiger partial charge in [0.2, 0.25) is 0 Å². The summed E-state index contributed by atoms with van der Waals surface area (Å²) < 4.78 is 22.9. The molecule has 1 atom stereocenters. The molecule has 1 saturated heterocycles. The van der Waals surface area contributed by atoms with Crippen molar-refractivity contribution in [3.63, 3.8) is 0 Å². The van der Waals surface area contributed by atoms with Gasteiger partial charge in [0.1, 0.15) is 41.3 Å². The van der Waals surface area contributed by atoms with Crippen molar-refractivity contribution in [2.45, 2.75) is 25.4 Å². The van der Waals surface area contributed by atoms with Gasteiger partial charge in [-0.3, -0.25) is 4.90 Å². The first-order valence-electron chi connectivity index (χ1n) is 12.5. The molecule has 6 heteroatoms. The summed E-state index contributed by atoms with van der Waals surface area (Å²) >= 11 is 0. The number of benzene rings is 3. The summed E-state index contributed by atoms with van der Waals surface area (Å²) in [5.41, 5.74) is 3.01. The first-order chi connectivity index (χ1) is 17.7. The van der Waals surface area contributed by atoms with E-state index in [0.29, 0.717) is 23.7 Å². The van der Waals surface area contributed by atoms with Crippen LogP contribution in [0.4, 0.5) is 0 Å². The van der Waals surface area contributed by atoms with Gasteiger partial charge in [-0.2, -0.15) is 0 Å². The molecular formula is C30H33NO5. The van der Waals surface area contributed by atoms with Gasteiger partial charge in [-0.05, 0) is 80.0 Å².